The standard InChI is InChI=1S/C24H22N4O2/c25-23-26-12-17(13-27-23)16-6-8-18(9-7-16)24(10-3-11-24)20-14-28(15-22(29)30)21-5-2-1-4-19(20)21/h1-2,4-9,12-14H,3,10-11,15H2,(H,29,30)(H2,25,26,27). The fourth-order valence-electron chi connectivity index (χ4n) is 4.62. The van der Waals surface area contributed by atoms with Gasteiger partial charge in [-0.05, 0) is 35.6 Å². The van der Waals surface area contributed by atoms with Gasteiger partial charge in [-0.3, -0.25) is 4.79 Å². The number of nitrogen functional groups attached to an aromatic ring is 1. The van der Waals surface area contributed by atoms with Crippen molar-refractivity contribution in [3.63, 3.8) is 0 Å². The second-order valence-electron chi connectivity index (χ2n) is 7.92. The first-order valence-corrected chi connectivity index (χ1v) is 10.1. The van der Waals surface area contributed by atoms with Crippen LogP contribution in [0.25, 0.3) is 22.0 Å². The third kappa shape index (κ3) is 2.92. The first-order chi connectivity index (χ1) is 14.6. The van der Waals surface area contributed by atoms with Crippen LogP contribution in [0.1, 0.15) is 30.4 Å². The number of hydrogen-bond acceptors (Lipinski definition) is 4. The molecular weight excluding hydrogens is 376 g/mol. The first-order valence-electron chi connectivity index (χ1n) is 10.1. The van der Waals surface area contributed by atoms with Crippen molar-refractivity contribution in [3.05, 3.63) is 78.2 Å². The number of benzene rings is 2. The van der Waals surface area contributed by atoms with Gasteiger partial charge in [-0.1, -0.05) is 48.9 Å². The highest BCUT2D eigenvalue weighted by molar-refractivity contribution is 5.87. The van der Waals surface area contributed by atoms with Crippen molar-refractivity contribution >= 4 is 22.8 Å². The third-order valence-corrected chi connectivity index (χ3v) is 6.26. The van der Waals surface area contributed by atoms with Crippen LogP contribution >= 0.6 is 0 Å². The maximum Gasteiger partial charge on any atom is 0.323 e. The quantitative estimate of drug-likeness (QED) is 0.524. The Hall–Kier alpha value is -3.67. The van der Waals surface area contributed by atoms with Crippen LogP contribution in [0.15, 0.2) is 67.1 Å². The summed E-state index contributed by atoms with van der Waals surface area (Å²) in [5.74, 6) is -0.568. The molecule has 2 aromatic heterocycles. The number of nitrogens with zero attached hydrogens (tertiary/aromatic N) is 3. The summed E-state index contributed by atoms with van der Waals surface area (Å²) in [6.07, 6.45) is 8.77. The number of carboxylic acids is 1. The number of nitrogens with two attached hydrogens (primary N) is 1. The minimum absolute atomic E-state index is 0.0351. The highest BCUT2D eigenvalue weighted by Crippen LogP contribution is 2.51. The lowest BCUT2D eigenvalue weighted by atomic mass is 9.60. The van der Waals surface area contributed by atoms with Crippen molar-refractivity contribution in [1.29, 1.82) is 0 Å². The summed E-state index contributed by atoms with van der Waals surface area (Å²) < 4.78 is 1.85. The molecule has 1 aliphatic carbocycles. The van der Waals surface area contributed by atoms with Gasteiger partial charge in [0.15, 0.2) is 0 Å². The Kier molecular flexibility index (Phi) is 4.28. The van der Waals surface area contributed by atoms with Crippen molar-refractivity contribution in [1.82, 2.24) is 14.5 Å². The van der Waals surface area contributed by atoms with Gasteiger partial charge in [0.2, 0.25) is 5.95 Å². The van der Waals surface area contributed by atoms with Crippen LogP contribution in [-0.4, -0.2) is 25.6 Å². The first kappa shape index (κ1) is 18.4. The number of rotatable bonds is 5. The molecule has 4 aromatic rings. The highest BCUT2D eigenvalue weighted by Gasteiger charge is 2.42. The number of hydrogen-bond donors (Lipinski definition) is 2. The van der Waals surface area contributed by atoms with Crippen molar-refractivity contribution in [3.8, 4) is 11.1 Å². The molecule has 0 amide bonds. The number of carboxylic acid groups (broad SMARTS) is 1. The van der Waals surface area contributed by atoms with E-state index in [2.05, 4.69) is 40.3 Å². The molecule has 3 N–H and O–H groups in total. The van der Waals surface area contributed by atoms with Crippen molar-refractivity contribution < 1.29 is 9.90 Å². The highest BCUT2D eigenvalue weighted by atomic mass is 16.4. The Balaban J connectivity index is 1.58. The molecule has 2 heterocycles. The van der Waals surface area contributed by atoms with Gasteiger partial charge in [0.05, 0.1) is 0 Å². The molecule has 0 radical (unpaired) electrons. The third-order valence-electron chi connectivity index (χ3n) is 6.26. The zero-order valence-corrected chi connectivity index (χ0v) is 16.5. The summed E-state index contributed by atoms with van der Waals surface area (Å²) in [7, 11) is 0. The van der Waals surface area contributed by atoms with E-state index in [1.54, 1.807) is 12.4 Å². The van der Waals surface area contributed by atoms with Gasteiger partial charge in [0, 0.05) is 40.5 Å². The van der Waals surface area contributed by atoms with Gasteiger partial charge in [-0.15, -0.1) is 0 Å². The normalized spacial score (nSPS) is 15.1. The van der Waals surface area contributed by atoms with E-state index < -0.39 is 5.97 Å². The Bertz CT molecular complexity index is 1220. The molecule has 0 aliphatic heterocycles. The van der Waals surface area contributed by atoms with Crippen LogP contribution in [0, 0.1) is 0 Å². The van der Waals surface area contributed by atoms with Crippen LogP contribution in [0.4, 0.5) is 5.95 Å². The van der Waals surface area contributed by atoms with Crippen molar-refractivity contribution in [2.45, 2.75) is 31.2 Å². The summed E-state index contributed by atoms with van der Waals surface area (Å²) >= 11 is 0. The molecule has 30 heavy (non-hydrogen) atoms. The Morgan fingerprint density at radius 1 is 1.03 bits per heavy atom. The number of carbonyl (C=O) groups is 1. The van der Waals surface area contributed by atoms with Crippen LogP contribution in [0.2, 0.25) is 0 Å². The minimum Gasteiger partial charge on any atom is -0.480 e. The largest absolute Gasteiger partial charge is 0.480 e. The number of fused-ring (bicyclic) bond motifs is 1. The van der Waals surface area contributed by atoms with Gasteiger partial charge >= 0.3 is 5.97 Å². The Labute approximate surface area is 174 Å². The fraction of sp³-hybridized carbons (Fsp3) is 0.208. The average Bonchev–Trinajstić information content (AvgIpc) is 3.07. The lowest BCUT2D eigenvalue weighted by molar-refractivity contribution is -0.137. The second kappa shape index (κ2) is 6.99. The Morgan fingerprint density at radius 3 is 2.37 bits per heavy atom. The topological polar surface area (TPSA) is 94.0 Å². The molecule has 6 nitrogen and oxygen atoms in total. The van der Waals surface area contributed by atoms with Gasteiger partial charge in [0.25, 0.3) is 0 Å². The monoisotopic (exact) mass is 398 g/mol. The Morgan fingerprint density at radius 2 is 1.73 bits per heavy atom. The fourth-order valence-corrected chi connectivity index (χ4v) is 4.62. The molecule has 0 bridgehead atoms. The summed E-state index contributed by atoms with van der Waals surface area (Å²) in [4.78, 5) is 19.5. The lowest BCUT2D eigenvalue weighted by Gasteiger charge is -2.43. The number of para-hydroxylation sites is 1. The lowest BCUT2D eigenvalue weighted by Crippen LogP contribution is -2.35. The minimum atomic E-state index is -0.833. The molecule has 1 fully saturated rings. The zero-order valence-electron chi connectivity index (χ0n) is 16.5. The van der Waals surface area contributed by atoms with Crippen molar-refractivity contribution in [2.24, 2.45) is 0 Å². The molecule has 1 aliphatic rings. The molecule has 1 saturated carbocycles. The van der Waals surface area contributed by atoms with Crippen LogP contribution in [0.5, 0.6) is 0 Å². The van der Waals surface area contributed by atoms with E-state index >= 15 is 0 Å². The molecule has 0 atom stereocenters. The molecule has 2 aromatic carbocycles. The SMILES string of the molecule is Nc1ncc(-c2ccc(C3(c4cn(CC(=O)O)c5ccccc45)CCC3)cc2)cn1. The van der Waals surface area contributed by atoms with E-state index in [1.165, 1.54) is 11.1 Å². The van der Waals surface area contributed by atoms with E-state index in [0.717, 1.165) is 41.3 Å². The van der Waals surface area contributed by atoms with E-state index in [4.69, 9.17) is 5.73 Å². The summed E-state index contributed by atoms with van der Waals surface area (Å²) in [6.45, 7) is -0.0351. The predicted octanol–water partition coefficient (Wildman–Crippen LogP) is 4.24. The summed E-state index contributed by atoms with van der Waals surface area (Å²) in [5, 5.41) is 10.5. The van der Waals surface area contributed by atoms with E-state index in [-0.39, 0.29) is 17.9 Å². The van der Waals surface area contributed by atoms with E-state index in [0.29, 0.717) is 0 Å². The van der Waals surface area contributed by atoms with Crippen LogP contribution in [-0.2, 0) is 16.8 Å². The maximum atomic E-state index is 11.4. The molecule has 0 unspecified atom stereocenters. The van der Waals surface area contributed by atoms with Gasteiger partial charge in [0.1, 0.15) is 6.54 Å². The number of aliphatic carboxylic acids is 1. The number of aromatic nitrogens is 3. The summed E-state index contributed by atoms with van der Waals surface area (Å²) in [6, 6.07) is 16.6. The van der Waals surface area contributed by atoms with Gasteiger partial charge in [-0.25, -0.2) is 9.97 Å². The van der Waals surface area contributed by atoms with Crippen molar-refractivity contribution in [2.75, 3.05) is 5.73 Å². The second-order valence-corrected chi connectivity index (χ2v) is 7.92. The molecule has 0 saturated heterocycles. The van der Waals surface area contributed by atoms with Gasteiger partial charge < -0.3 is 15.4 Å². The smallest absolute Gasteiger partial charge is 0.323 e. The van der Waals surface area contributed by atoms with E-state index in [1.807, 2.05) is 29.0 Å². The molecule has 6 heteroatoms. The summed E-state index contributed by atoms with van der Waals surface area (Å²) in [5.41, 5.74) is 10.9. The van der Waals surface area contributed by atoms with Crippen LogP contribution < -0.4 is 5.73 Å². The van der Waals surface area contributed by atoms with Crippen LogP contribution in [0.3, 0.4) is 0 Å². The number of anilines is 1. The zero-order chi connectivity index (χ0) is 20.7. The predicted molar refractivity (Wildman–Crippen MR) is 116 cm³/mol. The van der Waals surface area contributed by atoms with E-state index in [9.17, 15) is 9.90 Å². The molecule has 150 valence electrons. The van der Waals surface area contributed by atoms with Gasteiger partial charge in [-0.2, -0.15) is 0 Å². The molecule has 0 spiro atoms. The molecular formula is C24H22N4O2. The maximum absolute atomic E-state index is 11.4. The average molecular weight is 398 g/mol. The molecule has 5 rings (SSSR count).